The van der Waals surface area contributed by atoms with Crippen molar-refractivity contribution in [3.8, 4) is 0 Å². The Morgan fingerprint density at radius 3 is 2.45 bits per heavy atom. The van der Waals surface area contributed by atoms with Gasteiger partial charge in [-0.25, -0.2) is 9.37 Å². The monoisotopic (exact) mass is 274 g/mol. The molecule has 1 aromatic carbocycles. The molecule has 0 spiro atoms. The molecule has 0 amide bonds. The second-order valence-electron chi connectivity index (χ2n) is 4.82. The molecule has 0 saturated carbocycles. The Morgan fingerprint density at radius 2 is 1.85 bits per heavy atom. The number of halogens is 1. The minimum absolute atomic E-state index is 0.259. The number of nitrogens with one attached hydrogen (secondary N) is 1. The van der Waals surface area contributed by atoms with Gasteiger partial charge in [-0.05, 0) is 30.7 Å². The standard InChI is InChI=1S/C15H19FN4/c1-4-5-13-10-14(20(2)3)19-15(18-13)17-12-8-6-11(16)7-9-12/h6-10H,4-5H2,1-3H3,(H,17,18,19). The molecule has 0 fully saturated rings. The molecule has 2 aromatic rings. The Hall–Kier alpha value is -2.17. The number of benzene rings is 1. The molecule has 5 heteroatoms. The van der Waals surface area contributed by atoms with Crippen molar-refractivity contribution in [3.05, 3.63) is 41.8 Å². The average molecular weight is 274 g/mol. The van der Waals surface area contributed by atoms with Crippen LogP contribution in [0.2, 0.25) is 0 Å². The maximum absolute atomic E-state index is 12.9. The molecule has 0 bridgehead atoms. The molecule has 106 valence electrons. The van der Waals surface area contributed by atoms with Gasteiger partial charge in [0.1, 0.15) is 11.6 Å². The van der Waals surface area contributed by atoms with Crippen molar-refractivity contribution >= 4 is 17.5 Å². The largest absolute Gasteiger partial charge is 0.363 e. The summed E-state index contributed by atoms with van der Waals surface area (Å²) in [6.07, 6.45) is 1.93. The number of aromatic nitrogens is 2. The van der Waals surface area contributed by atoms with Crippen LogP contribution in [0.3, 0.4) is 0 Å². The Kier molecular flexibility index (Phi) is 4.50. The number of hydrogen-bond donors (Lipinski definition) is 1. The third-order valence-electron chi connectivity index (χ3n) is 2.83. The summed E-state index contributed by atoms with van der Waals surface area (Å²) in [5.41, 5.74) is 1.76. The molecule has 0 atom stereocenters. The van der Waals surface area contributed by atoms with Crippen LogP contribution in [0.25, 0.3) is 0 Å². The van der Waals surface area contributed by atoms with Crippen molar-refractivity contribution in [2.75, 3.05) is 24.3 Å². The van der Waals surface area contributed by atoms with E-state index >= 15 is 0 Å². The van der Waals surface area contributed by atoms with Gasteiger partial charge in [-0.2, -0.15) is 4.98 Å². The zero-order valence-corrected chi connectivity index (χ0v) is 12.0. The quantitative estimate of drug-likeness (QED) is 0.907. The lowest BCUT2D eigenvalue weighted by molar-refractivity contribution is 0.628. The van der Waals surface area contributed by atoms with Gasteiger partial charge in [0.25, 0.3) is 0 Å². The van der Waals surface area contributed by atoms with Crippen LogP contribution in [0.15, 0.2) is 30.3 Å². The number of rotatable bonds is 5. The van der Waals surface area contributed by atoms with Crippen LogP contribution >= 0.6 is 0 Å². The lowest BCUT2D eigenvalue weighted by Crippen LogP contribution is -2.13. The molecule has 0 aliphatic heterocycles. The SMILES string of the molecule is CCCc1cc(N(C)C)nc(Nc2ccc(F)cc2)n1. The molecule has 2 rings (SSSR count). The first-order chi connectivity index (χ1) is 9.58. The minimum atomic E-state index is -0.259. The van der Waals surface area contributed by atoms with E-state index in [1.165, 1.54) is 12.1 Å². The van der Waals surface area contributed by atoms with Crippen molar-refractivity contribution in [3.63, 3.8) is 0 Å². The maximum Gasteiger partial charge on any atom is 0.229 e. The van der Waals surface area contributed by atoms with E-state index in [4.69, 9.17) is 0 Å². The third kappa shape index (κ3) is 3.66. The Bertz CT molecular complexity index is 567. The lowest BCUT2D eigenvalue weighted by Gasteiger charge is -2.14. The van der Waals surface area contributed by atoms with Crippen molar-refractivity contribution in [1.82, 2.24) is 9.97 Å². The molecule has 1 aromatic heterocycles. The summed E-state index contributed by atoms with van der Waals surface area (Å²) in [5.74, 6) is 1.13. The molecule has 0 saturated heterocycles. The van der Waals surface area contributed by atoms with E-state index < -0.39 is 0 Å². The molecular weight excluding hydrogens is 255 g/mol. The highest BCUT2D eigenvalue weighted by Gasteiger charge is 2.06. The highest BCUT2D eigenvalue weighted by Crippen LogP contribution is 2.18. The second kappa shape index (κ2) is 6.32. The van der Waals surface area contributed by atoms with Crippen molar-refractivity contribution in [2.45, 2.75) is 19.8 Å². The first kappa shape index (κ1) is 14.2. The van der Waals surface area contributed by atoms with Gasteiger partial charge in [0.2, 0.25) is 5.95 Å². The first-order valence-electron chi connectivity index (χ1n) is 6.66. The molecule has 1 heterocycles. The molecule has 4 nitrogen and oxygen atoms in total. The Morgan fingerprint density at radius 1 is 1.15 bits per heavy atom. The van der Waals surface area contributed by atoms with Gasteiger partial charge >= 0.3 is 0 Å². The van der Waals surface area contributed by atoms with Crippen LogP contribution in [0, 0.1) is 5.82 Å². The second-order valence-corrected chi connectivity index (χ2v) is 4.82. The van der Waals surface area contributed by atoms with Crippen LogP contribution in [-0.4, -0.2) is 24.1 Å². The van der Waals surface area contributed by atoms with E-state index in [-0.39, 0.29) is 5.82 Å². The van der Waals surface area contributed by atoms with Gasteiger partial charge in [-0.1, -0.05) is 13.3 Å². The van der Waals surface area contributed by atoms with Crippen molar-refractivity contribution in [2.24, 2.45) is 0 Å². The van der Waals surface area contributed by atoms with Gasteiger partial charge < -0.3 is 10.2 Å². The average Bonchev–Trinajstić information content (AvgIpc) is 2.41. The van der Waals surface area contributed by atoms with E-state index in [2.05, 4.69) is 22.2 Å². The molecule has 20 heavy (non-hydrogen) atoms. The summed E-state index contributed by atoms with van der Waals surface area (Å²) in [6, 6.07) is 8.14. The summed E-state index contributed by atoms with van der Waals surface area (Å²) in [4.78, 5) is 10.9. The molecule has 0 unspecified atom stereocenters. The summed E-state index contributed by atoms with van der Waals surface area (Å²) in [5, 5.41) is 3.11. The fourth-order valence-corrected chi connectivity index (χ4v) is 1.81. The van der Waals surface area contributed by atoms with Crippen LogP contribution in [0.5, 0.6) is 0 Å². The minimum Gasteiger partial charge on any atom is -0.363 e. The predicted octanol–water partition coefficient (Wildman–Crippen LogP) is 3.38. The Balaban J connectivity index is 2.27. The van der Waals surface area contributed by atoms with Gasteiger partial charge in [-0.15, -0.1) is 0 Å². The van der Waals surface area contributed by atoms with Gasteiger partial charge in [0, 0.05) is 31.5 Å². The summed E-state index contributed by atoms with van der Waals surface area (Å²) in [7, 11) is 3.89. The first-order valence-corrected chi connectivity index (χ1v) is 6.66. The number of hydrogen-bond acceptors (Lipinski definition) is 4. The number of aryl methyl sites for hydroxylation is 1. The molecule has 0 radical (unpaired) electrons. The van der Waals surface area contributed by atoms with E-state index in [1.54, 1.807) is 12.1 Å². The predicted molar refractivity (Wildman–Crippen MR) is 80.0 cm³/mol. The van der Waals surface area contributed by atoms with Crippen molar-refractivity contribution in [1.29, 1.82) is 0 Å². The summed E-state index contributed by atoms with van der Waals surface area (Å²) in [6.45, 7) is 2.12. The van der Waals surface area contributed by atoms with Gasteiger partial charge in [0.05, 0.1) is 0 Å². The smallest absolute Gasteiger partial charge is 0.229 e. The zero-order chi connectivity index (χ0) is 14.5. The molecule has 1 N–H and O–H groups in total. The molecular formula is C15H19FN4. The Labute approximate surface area is 118 Å². The molecule has 0 aliphatic carbocycles. The molecule has 0 aliphatic rings. The number of nitrogens with zero attached hydrogens (tertiary/aromatic N) is 3. The highest BCUT2D eigenvalue weighted by molar-refractivity contribution is 5.55. The number of anilines is 3. The van der Waals surface area contributed by atoms with E-state index in [9.17, 15) is 4.39 Å². The fourth-order valence-electron chi connectivity index (χ4n) is 1.81. The van der Waals surface area contributed by atoms with Crippen LogP contribution < -0.4 is 10.2 Å². The van der Waals surface area contributed by atoms with Gasteiger partial charge in [0.15, 0.2) is 0 Å². The van der Waals surface area contributed by atoms with E-state index in [0.29, 0.717) is 5.95 Å². The highest BCUT2D eigenvalue weighted by atomic mass is 19.1. The topological polar surface area (TPSA) is 41.1 Å². The van der Waals surface area contributed by atoms with Gasteiger partial charge in [-0.3, -0.25) is 0 Å². The van der Waals surface area contributed by atoms with Crippen molar-refractivity contribution < 1.29 is 4.39 Å². The third-order valence-corrected chi connectivity index (χ3v) is 2.83. The lowest BCUT2D eigenvalue weighted by atomic mass is 10.2. The fraction of sp³-hybridized carbons (Fsp3) is 0.333. The normalized spacial score (nSPS) is 10.4. The summed E-state index contributed by atoms with van der Waals surface area (Å²) >= 11 is 0. The zero-order valence-electron chi connectivity index (χ0n) is 12.0. The summed E-state index contributed by atoms with van der Waals surface area (Å²) < 4.78 is 12.9. The maximum atomic E-state index is 12.9. The van der Waals surface area contributed by atoms with Crippen LogP contribution in [0.4, 0.5) is 21.8 Å². The van der Waals surface area contributed by atoms with E-state index in [1.807, 2.05) is 25.1 Å². The van der Waals surface area contributed by atoms with Crippen LogP contribution in [0.1, 0.15) is 19.0 Å². The van der Waals surface area contributed by atoms with Crippen LogP contribution in [-0.2, 0) is 6.42 Å². The van der Waals surface area contributed by atoms with E-state index in [0.717, 1.165) is 30.0 Å².